The van der Waals surface area contributed by atoms with Gasteiger partial charge in [0.2, 0.25) is 5.91 Å². The molecule has 5 N–H and O–H groups in total. The average molecular weight is 640 g/mol. The number of nitrogens with one attached hydrogen (secondary N) is 3. The van der Waals surface area contributed by atoms with Crippen LogP contribution in [0.4, 0.5) is 8.78 Å². The summed E-state index contributed by atoms with van der Waals surface area (Å²) in [7, 11) is 0. The molecule has 1 aliphatic carbocycles. The summed E-state index contributed by atoms with van der Waals surface area (Å²) in [4.78, 5) is 29.4. The van der Waals surface area contributed by atoms with Crippen molar-refractivity contribution in [3.8, 4) is 11.5 Å². The van der Waals surface area contributed by atoms with Crippen molar-refractivity contribution in [2.75, 3.05) is 6.54 Å². The first-order chi connectivity index (χ1) is 21.4. The van der Waals surface area contributed by atoms with Gasteiger partial charge >= 0.3 is 6.29 Å². The Bertz CT molecular complexity index is 1470. The van der Waals surface area contributed by atoms with Crippen LogP contribution in [0.2, 0.25) is 0 Å². The highest BCUT2D eigenvalue weighted by Gasteiger charge is 2.55. The summed E-state index contributed by atoms with van der Waals surface area (Å²) in [5, 5.41) is 13.7. The monoisotopic (exact) mass is 639 g/mol. The molecule has 2 aliphatic heterocycles. The Kier molecular flexibility index (Phi) is 8.87. The number of rotatable bonds is 8. The van der Waals surface area contributed by atoms with Crippen molar-refractivity contribution in [2.24, 2.45) is 22.5 Å². The molecule has 2 fully saturated rings. The van der Waals surface area contributed by atoms with Gasteiger partial charge in [-0.2, -0.15) is 0 Å². The second-order valence-electron chi connectivity index (χ2n) is 15.3. The number of nitrogens with zero attached hydrogens (tertiary/aromatic N) is 1. The first kappa shape index (κ1) is 33.6. The second-order valence-corrected chi connectivity index (χ2v) is 15.3. The van der Waals surface area contributed by atoms with Crippen molar-refractivity contribution in [2.45, 2.75) is 104 Å². The van der Waals surface area contributed by atoms with E-state index >= 15 is 0 Å². The zero-order valence-electron chi connectivity index (χ0n) is 27.6. The Morgan fingerprint density at radius 2 is 1.70 bits per heavy atom. The minimum atomic E-state index is -3.75. The normalized spacial score (nSPS) is 24.7. The van der Waals surface area contributed by atoms with Crippen LogP contribution in [0.1, 0.15) is 114 Å². The predicted molar refractivity (Wildman–Crippen MR) is 172 cm³/mol. The molecule has 2 atom stereocenters. The maximum absolute atomic E-state index is 14.7. The highest BCUT2D eigenvalue weighted by Crippen LogP contribution is 2.51. The van der Waals surface area contributed by atoms with E-state index in [1.165, 1.54) is 12.1 Å². The molecule has 0 radical (unpaired) electrons. The van der Waals surface area contributed by atoms with Crippen molar-refractivity contribution in [1.29, 1.82) is 5.41 Å². The number of amides is 2. The van der Waals surface area contributed by atoms with E-state index in [1.807, 2.05) is 17.0 Å². The van der Waals surface area contributed by atoms with Gasteiger partial charge in [0.05, 0.1) is 18.2 Å². The Morgan fingerprint density at radius 3 is 2.28 bits per heavy atom. The van der Waals surface area contributed by atoms with Crippen LogP contribution in [0.15, 0.2) is 42.5 Å². The molecule has 2 unspecified atom stereocenters. The van der Waals surface area contributed by atoms with Gasteiger partial charge in [0.1, 0.15) is 11.9 Å². The van der Waals surface area contributed by atoms with Crippen molar-refractivity contribution >= 4 is 17.6 Å². The van der Waals surface area contributed by atoms with Gasteiger partial charge in [-0.05, 0) is 90.7 Å². The molecule has 250 valence electrons. The van der Waals surface area contributed by atoms with E-state index in [0.29, 0.717) is 23.5 Å². The molecule has 2 heterocycles. The van der Waals surface area contributed by atoms with Gasteiger partial charge in [-0.15, -0.1) is 8.78 Å². The first-order valence-corrected chi connectivity index (χ1v) is 16.1. The lowest BCUT2D eigenvalue weighted by molar-refractivity contribution is -0.286. The number of alkyl halides is 2. The molecule has 0 bridgehead atoms. The maximum Gasteiger partial charge on any atom is 0.586 e. The van der Waals surface area contributed by atoms with E-state index in [9.17, 15) is 18.4 Å². The third-order valence-electron chi connectivity index (χ3n) is 9.63. The lowest BCUT2D eigenvalue weighted by Crippen LogP contribution is -2.56. The van der Waals surface area contributed by atoms with Crippen LogP contribution in [0.3, 0.4) is 0 Å². The van der Waals surface area contributed by atoms with Crippen molar-refractivity contribution < 1.29 is 27.8 Å². The van der Waals surface area contributed by atoms with Crippen LogP contribution in [0.5, 0.6) is 11.5 Å². The topological polar surface area (TPSA) is 130 Å². The van der Waals surface area contributed by atoms with Crippen LogP contribution < -0.4 is 25.8 Å². The Morgan fingerprint density at radius 1 is 1.07 bits per heavy atom. The standard InChI is InChI=1S/C35H47F2N5O4/c1-32(2,3)16-15-25(21-7-9-22(10-8-21)30(43)40-20-28(38)39)42-31(44)29(23-11-12-26-27(19-23)46-35(36,37)45-26)41-34(42)17-13-24(14-18-34)33(4,5)6/h7-12,19,24-25,29,41H,13-18,20H2,1-6H3,(H3,38,39)(H,40,43). The third-order valence-corrected chi connectivity index (χ3v) is 9.63. The molecule has 1 spiro atoms. The molecule has 0 aromatic heterocycles. The highest BCUT2D eigenvalue weighted by atomic mass is 19.3. The van der Waals surface area contributed by atoms with E-state index in [0.717, 1.165) is 37.7 Å². The van der Waals surface area contributed by atoms with Crippen LogP contribution >= 0.6 is 0 Å². The average Bonchev–Trinajstić information content (AvgIpc) is 3.42. The number of fused-ring (bicyclic) bond motifs is 1. The number of hydrogen-bond donors (Lipinski definition) is 4. The van der Waals surface area contributed by atoms with E-state index in [-0.39, 0.29) is 52.6 Å². The maximum atomic E-state index is 14.7. The predicted octanol–water partition coefficient (Wildman–Crippen LogP) is 6.65. The summed E-state index contributed by atoms with van der Waals surface area (Å²) in [5.74, 6) is -0.260. The summed E-state index contributed by atoms with van der Waals surface area (Å²) >= 11 is 0. The van der Waals surface area contributed by atoms with Crippen molar-refractivity contribution in [3.05, 3.63) is 59.2 Å². The van der Waals surface area contributed by atoms with Gasteiger partial charge in [0, 0.05) is 5.56 Å². The third kappa shape index (κ3) is 7.14. The van der Waals surface area contributed by atoms with Gasteiger partial charge in [-0.3, -0.25) is 20.3 Å². The molecule has 11 heteroatoms. The number of amidine groups is 1. The van der Waals surface area contributed by atoms with Crippen molar-refractivity contribution in [3.63, 3.8) is 0 Å². The van der Waals surface area contributed by atoms with Crippen LogP contribution in [-0.2, 0) is 4.79 Å². The van der Waals surface area contributed by atoms with Crippen LogP contribution in [0, 0.1) is 22.2 Å². The smallest absolute Gasteiger partial charge is 0.395 e. The van der Waals surface area contributed by atoms with Gasteiger partial charge in [-0.25, -0.2) is 0 Å². The fourth-order valence-corrected chi connectivity index (χ4v) is 7.07. The molecular weight excluding hydrogens is 592 g/mol. The highest BCUT2D eigenvalue weighted by molar-refractivity contribution is 5.96. The summed E-state index contributed by atoms with van der Waals surface area (Å²) in [6, 6.07) is 10.8. The van der Waals surface area contributed by atoms with E-state index in [1.54, 1.807) is 18.2 Å². The summed E-state index contributed by atoms with van der Waals surface area (Å²) in [6.07, 6.45) is 1.14. The van der Waals surface area contributed by atoms with E-state index in [4.69, 9.17) is 15.9 Å². The minimum absolute atomic E-state index is 0.0000205. The molecule has 2 aromatic rings. The van der Waals surface area contributed by atoms with E-state index < -0.39 is 18.0 Å². The number of carbonyl (C=O) groups excluding carboxylic acids is 2. The number of hydrogen-bond acceptors (Lipinski definition) is 6. The SMILES string of the molecule is CC(C)(C)CCC(c1ccc(C(=O)NCC(=N)N)cc1)N1C(=O)C(c2ccc3c(c2)OC(F)(F)O3)NC12CCC(C(C)(C)C)CC2. The Hall–Kier alpha value is -3.73. The van der Waals surface area contributed by atoms with Gasteiger partial charge in [0.15, 0.2) is 11.5 Å². The second kappa shape index (κ2) is 12.1. The van der Waals surface area contributed by atoms with Crippen LogP contribution in [-0.4, -0.2) is 41.1 Å². The quantitative estimate of drug-likeness (QED) is 0.189. The zero-order chi connectivity index (χ0) is 33.7. The number of ether oxygens (including phenoxy) is 2. The lowest BCUT2D eigenvalue weighted by atomic mass is 9.69. The molecule has 46 heavy (non-hydrogen) atoms. The number of halogens is 2. The van der Waals surface area contributed by atoms with Gasteiger partial charge < -0.3 is 25.4 Å². The molecule has 9 nitrogen and oxygen atoms in total. The van der Waals surface area contributed by atoms with Crippen molar-refractivity contribution in [1.82, 2.24) is 15.5 Å². The summed E-state index contributed by atoms with van der Waals surface area (Å²) in [6.45, 7) is 13.2. The fraction of sp³-hybridized carbons (Fsp3) is 0.571. The zero-order valence-corrected chi connectivity index (χ0v) is 27.6. The van der Waals surface area contributed by atoms with Gasteiger partial charge in [-0.1, -0.05) is 59.7 Å². The first-order valence-electron chi connectivity index (χ1n) is 16.1. The lowest BCUT2D eigenvalue weighted by Gasteiger charge is -2.49. The fourth-order valence-electron chi connectivity index (χ4n) is 7.07. The minimum Gasteiger partial charge on any atom is -0.395 e. The van der Waals surface area contributed by atoms with Crippen LogP contribution in [0.25, 0.3) is 0 Å². The van der Waals surface area contributed by atoms with E-state index in [2.05, 4.69) is 56.9 Å². The molecular formula is C35H47F2N5O4. The molecule has 1 saturated carbocycles. The number of nitrogens with two attached hydrogens (primary N) is 1. The Balaban J connectivity index is 1.53. The largest absolute Gasteiger partial charge is 0.586 e. The summed E-state index contributed by atoms with van der Waals surface area (Å²) in [5.41, 5.74) is 6.76. The molecule has 5 rings (SSSR count). The summed E-state index contributed by atoms with van der Waals surface area (Å²) < 4.78 is 37.1. The molecule has 1 saturated heterocycles. The number of benzene rings is 2. The number of carbonyl (C=O) groups is 2. The van der Waals surface area contributed by atoms with Gasteiger partial charge in [0.25, 0.3) is 5.91 Å². The Labute approximate surface area is 270 Å². The molecule has 3 aliphatic rings. The molecule has 2 aromatic carbocycles. The molecule has 2 amide bonds.